The zero-order valence-electron chi connectivity index (χ0n) is 21.3. The molecule has 0 bridgehead atoms. The Morgan fingerprint density at radius 3 is 2.38 bits per heavy atom. The molecule has 2 amide bonds. The van der Waals surface area contributed by atoms with E-state index in [0.717, 1.165) is 36.1 Å². The predicted octanol–water partition coefficient (Wildman–Crippen LogP) is 5.26. The molecule has 0 unspecified atom stereocenters. The van der Waals surface area contributed by atoms with Crippen LogP contribution in [-0.4, -0.2) is 36.1 Å². The maximum Gasteiger partial charge on any atom is 0.344 e. The Hall–Kier alpha value is -3.83. The van der Waals surface area contributed by atoms with Crippen LogP contribution in [0.1, 0.15) is 63.4 Å². The lowest BCUT2D eigenvalue weighted by Gasteiger charge is -2.12. The van der Waals surface area contributed by atoms with Gasteiger partial charge in [-0.2, -0.15) is 5.10 Å². The maximum atomic E-state index is 12.7. The average molecular weight is 613 g/mol. The lowest BCUT2D eigenvalue weighted by Crippen LogP contribution is -2.33. The number of hydrazone groups is 1. The number of nitrogens with zero attached hydrogens (tertiary/aromatic N) is 1. The Labute approximate surface area is 237 Å². The molecule has 0 radical (unpaired) electrons. The van der Waals surface area contributed by atoms with Gasteiger partial charge in [-0.05, 0) is 85.3 Å². The van der Waals surface area contributed by atoms with Crippen LogP contribution in [-0.2, 0) is 27.2 Å². The fourth-order valence-electron chi connectivity index (χ4n) is 4.11. The Morgan fingerprint density at radius 1 is 0.949 bits per heavy atom. The Balaban J connectivity index is 1.47. The molecular formula is C28H26BrN3O6S. The van der Waals surface area contributed by atoms with E-state index in [4.69, 9.17) is 9.47 Å². The molecule has 39 heavy (non-hydrogen) atoms. The number of nitrogens with one attached hydrogen (secondary N) is 2. The SMILES string of the molecule is CCOC(=O)c1c(NC(=O)C(=O)NN=C(C)c2ccccc2OC(=O)c2ccccc2Br)sc2c1CCCC2. The van der Waals surface area contributed by atoms with Crippen molar-refractivity contribution >= 4 is 61.7 Å². The number of para-hydroxylation sites is 1. The highest BCUT2D eigenvalue weighted by atomic mass is 79.9. The third-order valence-electron chi connectivity index (χ3n) is 5.98. The third kappa shape index (κ3) is 6.61. The second-order valence-corrected chi connectivity index (χ2v) is 10.6. The summed E-state index contributed by atoms with van der Waals surface area (Å²) in [5, 5.41) is 6.89. The van der Waals surface area contributed by atoms with Crippen LogP contribution in [0, 0.1) is 0 Å². The molecule has 3 aromatic rings. The fourth-order valence-corrected chi connectivity index (χ4v) is 5.83. The standard InChI is InChI=1S/C28H26BrN3O6S/c1-3-37-28(36)23-19-12-6-9-15-22(19)39-26(23)30-24(33)25(34)32-31-16(2)17-10-5-8-14-21(17)38-27(35)18-11-4-7-13-20(18)29/h4-5,7-8,10-11,13-14H,3,6,9,12,15H2,1-2H3,(H,30,33)(H,32,34). The molecule has 1 aliphatic carbocycles. The van der Waals surface area contributed by atoms with Crippen LogP contribution < -0.4 is 15.5 Å². The van der Waals surface area contributed by atoms with Crippen molar-refractivity contribution in [2.24, 2.45) is 5.10 Å². The number of fused-ring (bicyclic) bond motifs is 1. The van der Waals surface area contributed by atoms with Crippen molar-refractivity contribution in [3.63, 3.8) is 0 Å². The Bertz CT molecular complexity index is 1470. The van der Waals surface area contributed by atoms with Crippen LogP contribution in [0.25, 0.3) is 0 Å². The van der Waals surface area contributed by atoms with Crippen molar-refractivity contribution in [2.75, 3.05) is 11.9 Å². The lowest BCUT2D eigenvalue weighted by atomic mass is 9.95. The summed E-state index contributed by atoms with van der Waals surface area (Å²) in [4.78, 5) is 51.6. The summed E-state index contributed by atoms with van der Waals surface area (Å²) in [6.45, 7) is 3.52. The molecule has 2 aromatic carbocycles. The van der Waals surface area contributed by atoms with Crippen molar-refractivity contribution in [1.29, 1.82) is 0 Å². The number of halogens is 1. The van der Waals surface area contributed by atoms with Crippen molar-refractivity contribution in [3.8, 4) is 5.75 Å². The molecule has 0 spiro atoms. The number of aryl methyl sites for hydroxylation is 1. The number of anilines is 1. The smallest absolute Gasteiger partial charge is 0.344 e. The van der Waals surface area contributed by atoms with Gasteiger partial charge in [0.1, 0.15) is 10.8 Å². The summed E-state index contributed by atoms with van der Waals surface area (Å²) < 4.78 is 11.4. The van der Waals surface area contributed by atoms with Crippen molar-refractivity contribution in [1.82, 2.24) is 5.43 Å². The van der Waals surface area contributed by atoms with E-state index in [1.54, 1.807) is 62.4 Å². The van der Waals surface area contributed by atoms with Crippen LogP contribution in [0.5, 0.6) is 5.75 Å². The van der Waals surface area contributed by atoms with Crippen LogP contribution >= 0.6 is 27.3 Å². The van der Waals surface area contributed by atoms with Gasteiger partial charge >= 0.3 is 23.8 Å². The number of amides is 2. The monoisotopic (exact) mass is 611 g/mol. The molecule has 9 nitrogen and oxygen atoms in total. The number of thiophene rings is 1. The predicted molar refractivity (Wildman–Crippen MR) is 151 cm³/mol. The van der Waals surface area contributed by atoms with E-state index in [9.17, 15) is 19.2 Å². The van der Waals surface area contributed by atoms with Crippen molar-refractivity contribution < 1.29 is 28.7 Å². The zero-order chi connectivity index (χ0) is 27.9. The minimum atomic E-state index is -1.02. The van der Waals surface area contributed by atoms with E-state index in [0.29, 0.717) is 31.9 Å². The highest BCUT2D eigenvalue weighted by Crippen LogP contribution is 2.38. The number of carbonyl (C=O) groups is 4. The lowest BCUT2D eigenvalue weighted by molar-refractivity contribution is -0.136. The molecular weight excluding hydrogens is 586 g/mol. The molecule has 0 fully saturated rings. The molecule has 0 atom stereocenters. The third-order valence-corrected chi connectivity index (χ3v) is 7.88. The molecule has 4 rings (SSSR count). The first-order valence-corrected chi connectivity index (χ1v) is 13.9. The van der Waals surface area contributed by atoms with Gasteiger partial charge in [-0.15, -0.1) is 11.3 Å². The van der Waals surface area contributed by atoms with Gasteiger partial charge in [0, 0.05) is 14.9 Å². The summed E-state index contributed by atoms with van der Waals surface area (Å²) in [5.41, 5.74) is 4.55. The molecule has 11 heteroatoms. The summed E-state index contributed by atoms with van der Waals surface area (Å²) in [7, 11) is 0. The van der Waals surface area contributed by atoms with Crippen molar-refractivity contribution in [2.45, 2.75) is 39.5 Å². The van der Waals surface area contributed by atoms with Gasteiger partial charge in [0.05, 0.1) is 23.4 Å². The number of benzene rings is 2. The molecule has 1 heterocycles. The van der Waals surface area contributed by atoms with Gasteiger partial charge < -0.3 is 14.8 Å². The quantitative estimate of drug-likeness (QED) is 0.123. The first-order valence-electron chi connectivity index (χ1n) is 12.3. The maximum absolute atomic E-state index is 12.7. The van der Waals surface area contributed by atoms with Crippen LogP contribution in [0.4, 0.5) is 5.00 Å². The second-order valence-electron chi connectivity index (χ2n) is 8.59. The van der Waals surface area contributed by atoms with E-state index >= 15 is 0 Å². The number of esters is 2. The van der Waals surface area contributed by atoms with Gasteiger partial charge in [0.25, 0.3) is 0 Å². The first-order chi connectivity index (χ1) is 18.8. The summed E-state index contributed by atoms with van der Waals surface area (Å²) in [5.74, 6) is -2.83. The Morgan fingerprint density at radius 2 is 1.64 bits per heavy atom. The minimum Gasteiger partial charge on any atom is -0.462 e. The molecule has 1 aliphatic rings. The number of carbonyl (C=O) groups excluding carboxylic acids is 4. The minimum absolute atomic E-state index is 0.199. The van der Waals surface area contributed by atoms with E-state index in [2.05, 4.69) is 31.8 Å². The molecule has 1 aromatic heterocycles. The van der Waals surface area contributed by atoms with E-state index < -0.39 is 23.8 Å². The van der Waals surface area contributed by atoms with E-state index in [1.165, 1.54) is 11.3 Å². The normalized spacial score (nSPS) is 12.7. The van der Waals surface area contributed by atoms with Gasteiger partial charge in [0.2, 0.25) is 0 Å². The Kier molecular flexibility index (Phi) is 9.26. The summed E-state index contributed by atoms with van der Waals surface area (Å²) >= 11 is 4.63. The second kappa shape index (κ2) is 12.8. The van der Waals surface area contributed by atoms with E-state index in [1.807, 2.05) is 0 Å². The van der Waals surface area contributed by atoms with Crippen LogP contribution in [0.2, 0.25) is 0 Å². The zero-order valence-corrected chi connectivity index (χ0v) is 23.7. The van der Waals surface area contributed by atoms with E-state index in [-0.39, 0.29) is 12.4 Å². The summed E-state index contributed by atoms with van der Waals surface area (Å²) in [6, 6.07) is 13.6. The molecule has 0 aliphatic heterocycles. The number of hydrogen-bond acceptors (Lipinski definition) is 8. The fraction of sp³-hybridized carbons (Fsp3) is 0.250. The van der Waals surface area contributed by atoms with Crippen molar-refractivity contribution in [3.05, 3.63) is 80.1 Å². The number of hydrogen-bond donors (Lipinski definition) is 2. The largest absolute Gasteiger partial charge is 0.462 e. The molecule has 0 saturated carbocycles. The van der Waals surface area contributed by atoms with Gasteiger partial charge in [-0.3, -0.25) is 9.59 Å². The highest BCUT2D eigenvalue weighted by molar-refractivity contribution is 9.10. The molecule has 2 N–H and O–H groups in total. The number of rotatable bonds is 7. The van der Waals surface area contributed by atoms with Gasteiger partial charge in [-0.25, -0.2) is 15.0 Å². The van der Waals surface area contributed by atoms with Gasteiger partial charge in [-0.1, -0.05) is 24.3 Å². The van der Waals surface area contributed by atoms with Gasteiger partial charge in [0.15, 0.2) is 0 Å². The molecule has 0 saturated heterocycles. The topological polar surface area (TPSA) is 123 Å². The molecule has 202 valence electrons. The highest BCUT2D eigenvalue weighted by Gasteiger charge is 2.28. The van der Waals surface area contributed by atoms with Crippen LogP contribution in [0.15, 0.2) is 58.1 Å². The summed E-state index contributed by atoms with van der Waals surface area (Å²) in [6.07, 6.45) is 3.47. The average Bonchev–Trinajstić information content (AvgIpc) is 3.30. The number of ether oxygens (including phenoxy) is 2. The first kappa shape index (κ1) is 28.2. The van der Waals surface area contributed by atoms with Crippen LogP contribution in [0.3, 0.4) is 0 Å².